The second-order valence-electron chi connectivity index (χ2n) is 5.25. The van der Waals surface area contributed by atoms with Crippen molar-refractivity contribution < 1.29 is 23.5 Å². The topological polar surface area (TPSA) is 55.8 Å². The molecule has 0 radical (unpaired) electrons. The average Bonchev–Trinajstić information content (AvgIpc) is 2.54. The third-order valence-electron chi connectivity index (χ3n) is 3.55. The smallest absolute Gasteiger partial charge is 0.410 e. The number of likely N-dealkylation sites (tertiary alicyclic amines) is 1. The number of nitrogens with zero attached hydrogens (tertiary/aromatic N) is 1. The quantitative estimate of drug-likeness (QED) is 0.802. The number of benzene rings is 1. The fraction of sp³-hybridized carbons (Fsp3) is 0.500. The Morgan fingerprint density at radius 1 is 1.27 bits per heavy atom. The lowest BCUT2D eigenvalue weighted by Gasteiger charge is -2.34. The van der Waals surface area contributed by atoms with Gasteiger partial charge in [-0.2, -0.15) is 0 Å². The maximum atomic E-state index is 14.6. The largest absolute Gasteiger partial charge is 0.464 e. The van der Waals surface area contributed by atoms with Gasteiger partial charge in [0, 0.05) is 6.54 Å². The van der Waals surface area contributed by atoms with E-state index in [0.29, 0.717) is 13.0 Å². The van der Waals surface area contributed by atoms with Crippen molar-refractivity contribution in [1.82, 2.24) is 4.90 Å². The predicted molar refractivity (Wildman–Crippen MR) is 77.9 cm³/mol. The van der Waals surface area contributed by atoms with Crippen molar-refractivity contribution in [2.24, 2.45) is 0 Å². The zero-order chi connectivity index (χ0) is 16.0. The highest BCUT2D eigenvalue weighted by atomic mass is 19.1. The van der Waals surface area contributed by atoms with Crippen molar-refractivity contribution in [1.29, 1.82) is 0 Å². The van der Waals surface area contributed by atoms with E-state index in [0.717, 1.165) is 5.56 Å². The average molecular weight is 309 g/mol. The maximum Gasteiger partial charge on any atom is 0.410 e. The van der Waals surface area contributed by atoms with Gasteiger partial charge in [0.25, 0.3) is 0 Å². The molecule has 1 heterocycles. The van der Waals surface area contributed by atoms with Gasteiger partial charge in [-0.3, -0.25) is 0 Å². The van der Waals surface area contributed by atoms with Crippen molar-refractivity contribution >= 4 is 12.1 Å². The summed E-state index contributed by atoms with van der Waals surface area (Å²) in [7, 11) is 0. The molecule has 0 aliphatic carbocycles. The maximum absolute atomic E-state index is 14.6. The van der Waals surface area contributed by atoms with Crippen LogP contribution in [0.3, 0.4) is 0 Å². The van der Waals surface area contributed by atoms with Crippen LogP contribution in [0, 0.1) is 0 Å². The van der Waals surface area contributed by atoms with Crippen LogP contribution in [0.15, 0.2) is 30.3 Å². The van der Waals surface area contributed by atoms with Crippen molar-refractivity contribution in [3.05, 3.63) is 35.9 Å². The minimum atomic E-state index is -2.14. The summed E-state index contributed by atoms with van der Waals surface area (Å²) in [4.78, 5) is 24.9. The van der Waals surface area contributed by atoms with Gasteiger partial charge < -0.3 is 14.4 Å². The Hall–Kier alpha value is -2.11. The van der Waals surface area contributed by atoms with Crippen LogP contribution < -0.4 is 0 Å². The van der Waals surface area contributed by atoms with Gasteiger partial charge in [0.15, 0.2) is 0 Å². The van der Waals surface area contributed by atoms with Gasteiger partial charge in [-0.25, -0.2) is 14.0 Å². The highest BCUT2D eigenvalue weighted by Crippen LogP contribution is 2.27. The first-order valence-electron chi connectivity index (χ1n) is 7.37. The number of carbonyl (C=O) groups excluding carboxylic acids is 2. The first-order valence-corrected chi connectivity index (χ1v) is 7.37. The molecular weight excluding hydrogens is 289 g/mol. The van der Waals surface area contributed by atoms with Crippen LogP contribution in [-0.4, -0.2) is 42.3 Å². The molecule has 1 fully saturated rings. The van der Waals surface area contributed by atoms with Crippen molar-refractivity contribution in [3.63, 3.8) is 0 Å². The molecule has 2 rings (SSSR count). The number of amides is 1. The van der Waals surface area contributed by atoms with Gasteiger partial charge in [0.05, 0.1) is 13.2 Å². The summed E-state index contributed by atoms with van der Waals surface area (Å²) in [6.07, 6.45) is -0.154. The summed E-state index contributed by atoms with van der Waals surface area (Å²) >= 11 is 0. The number of hydrogen-bond acceptors (Lipinski definition) is 4. The molecular formula is C16H20FNO4. The normalized spacial score (nSPS) is 21.3. The molecule has 0 unspecified atom stereocenters. The molecule has 1 aromatic rings. The number of esters is 1. The highest BCUT2D eigenvalue weighted by molar-refractivity contribution is 5.81. The number of rotatable bonds is 4. The number of ether oxygens (including phenoxy) is 2. The molecule has 0 spiro atoms. The van der Waals surface area contributed by atoms with Gasteiger partial charge in [-0.1, -0.05) is 30.3 Å². The van der Waals surface area contributed by atoms with Crippen LogP contribution in [-0.2, 0) is 20.9 Å². The number of halogens is 1. The second-order valence-corrected chi connectivity index (χ2v) is 5.25. The molecule has 22 heavy (non-hydrogen) atoms. The van der Waals surface area contributed by atoms with Gasteiger partial charge in [0.2, 0.25) is 5.67 Å². The number of hydrogen-bond donors (Lipinski definition) is 0. The van der Waals surface area contributed by atoms with Crippen molar-refractivity contribution in [2.45, 2.75) is 32.0 Å². The van der Waals surface area contributed by atoms with Gasteiger partial charge >= 0.3 is 12.1 Å². The van der Waals surface area contributed by atoms with Crippen LogP contribution in [0.5, 0.6) is 0 Å². The monoisotopic (exact) mass is 309 g/mol. The molecule has 0 N–H and O–H groups in total. The fourth-order valence-electron chi connectivity index (χ4n) is 2.40. The summed E-state index contributed by atoms with van der Waals surface area (Å²) in [6.45, 7) is 1.91. The first-order chi connectivity index (χ1) is 10.5. The zero-order valence-electron chi connectivity index (χ0n) is 12.6. The second kappa shape index (κ2) is 7.24. The Labute approximate surface area is 129 Å². The van der Waals surface area contributed by atoms with Crippen molar-refractivity contribution in [2.75, 3.05) is 19.7 Å². The van der Waals surface area contributed by atoms with Crippen molar-refractivity contribution in [3.8, 4) is 0 Å². The Kier molecular flexibility index (Phi) is 5.35. The number of carbonyl (C=O) groups is 2. The Bertz CT molecular complexity index is 522. The van der Waals surface area contributed by atoms with Crippen LogP contribution in [0.4, 0.5) is 9.18 Å². The molecule has 0 saturated carbocycles. The molecule has 5 nitrogen and oxygen atoms in total. The first kappa shape index (κ1) is 16.3. The van der Waals surface area contributed by atoms with E-state index in [2.05, 4.69) is 0 Å². The van der Waals surface area contributed by atoms with E-state index in [9.17, 15) is 14.0 Å². The van der Waals surface area contributed by atoms with E-state index in [1.54, 1.807) is 6.92 Å². The lowest BCUT2D eigenvalue weighted by molar-refractivity contribution is -0.160. The Morgan fingerprint density at radius 2 is 2.00 bits per heavy atom. The number of alkyl halides is 1. The summed E-state index contributed by atoms with van der Waals surface area (Å²) in [5, 5.41) is 0. The predicted octanol–water partition coefficient (Wildman–Crippen LogP) is 2.69. The van der Waals surface area contributed by atoms with Crippen LogP contribution in [0.25, 0.3) is 0 Å². The van der Waals surface area contributed by atoms with Gasteiger partial charge in [0.1, 0.15) is 6.61 Å². The van der Waals surface area contributed by atoms with Crippen LogP contribution >= 0.6 is 0 Å². The third-order valence-corrected chi connectivity index (χ3v) is 3.55. The van der Waals surface area contributed by atoms with E-state index >= 15 is 0 Å². The van der Waals surface area contributed by atoms with Crippen LogP contribution in [0.1, 0.15) is 25.3 Å². The fourth-order valence-corrected chi connectivity index (χ4v) is 2.40. The summed E-state index contributed by atoms with van der Waals surface area (Å²) < 4.78 is 24.5. The van der Waals surface area contributed by atoms with E-state index in [4.69, 9.17) is 9.47 Å². The molecule has 1 atom stereocenters. The highest BCUT2D eigenvalue weighted by Gasteiger charge is 2.45. The third kappa shape index (κ3) is 3.96. The molecule has 1 aliphatic heterocycles. The molecule has 0 bridgehead atoms. The lowest BCUT2D eigenvalue weighted by Crippen LogP contribution is -2.52. The molecule has 6 heteroatoms. The van der Waals surface area contributed by atoms with Gasteiger partial charge in [-0.15, -0.1) is 0 Å². The standard InChI is InChI=1S/C16H20FNO4/c1-2-21-14(19)16(17)9-6-10-18(12-16)15(20)22-11-13-7-4-3-5-8-13/h3-5,7-8H,2,6,9-12H2,1H3/t16-/m1/s1. The number of piperidine rings is 1. The van der Waals surface area contributed by atoms with E-state index in [1.165, 1.54) is 4.90 Å². The van der Waals surface area contributed by atoms with Crippen LogP contribution in [0.2, 0.25) is 0 Å². The SMILES string of the molecule is CCOC(=O)[C@@]1(F)CCCN(C(=O)OCc2ccccc2)C1. The molecule has 1 aliphatic rings. The minimum absolute atomic E-state index is 0.0638. The van der Waals surface area contributed by atoms with E-state index in [1.807, 2.05) is 30.3 Å². The summed E-state index contributed by atoms with van der Waals surface area (Å²) in [5.41, 5.74) is -1.29. The van der Waals surface area contributed by atoms with E-state index in [-0.39, 0.29) is 26.2 Å². The summed E-state index contributed by atoms with van der Waals surface area (Å²) in [5.74, 6) is -0.907. The van der Waals surface area contributed by atoms with E-state index < -0.39 is 17.7 Å². The molecule has 1 aromatic carbocycles. The summed E-state index contributed by atoms with van der Waals surface area (Å²) in [6, 6.07) is 9.23. The zero-order valence-corrected chi connectivity index (χ0v) is 12.6. The minimum Gasteiger partial charge on any atom is -0.464 e. The lowest BCUT2D eigenvalue weighted by atomic mass is 9.95. The van der Waals surface area contributed by atoms with Gasteiger partial charge in [-0.05, 0) is 25.3 Å². The molecule has 0 aromatic heterocycles. The molecule has 1 amide bonds. The molecule has 1 saturated heterocycles. The molecule has 120 valence electrons. The Morgan fingerprint density at radius 3 is 2.68 bits per heavy atom. The Balaban J connectivity index is 1.91.